The maximum atomic E-state index is 2.48. The summed E-state index contributed by atoms with van der Waals surface area (Å²) in [6.07, 6.45) is 0. The Morgan fingerprint density at radius 2 is 0.392 bits per heavy atom. The van der Waals surface area contributed by atoms with E-state index in [0.717, 1.165) is 5.69 Å². The van der Waals surface area contributed by atoms with Crippen molar-refractivity contribution in [3.05, 3.63) is 467 Å². The Hall–Kier alpha value is -16.5. The van der Waals surface area contributed by atoms with E-state index in [2.05, 4.69) is 481 Å². The van der Waals surface area contributed by atoms with Gasteiger partial charge in [0.15, 0.2) is 0 Å². The highest BCUT2D eigenvalue weighted by atomic mass is 15.0. The molecular weight excluding hydrogens is 1510 g/mol. The van der Waals surface area contributed by atoms with E-state index in [1.807, 2.05) is 0 Å². The van der Waals surface area contributed by atoms with E-state index < -0.39 is 0 Å². The number of para-hydroxylation sites is 3. The fraction of sp³-hybridized carbons (Fsp3) is 0. The van der Waals surface area contributed by atoms with Gasteiger partial charge in [-0.3, -0.25) is 0 Å². The monoisotopic (exact) mass is 1580 g/mol. The molecule has 580 valence electrons. The molecule has 0 bridgehead atoms. The predicted octanol–water partition coefficient (Wildman–Crippen LogP) is 33.7. The van der Waals surface area contributed by atoms with Gasteiger partial charge in [0, 0.05) is 49.1 Å². The van der Waals surface area contributed by atoms with Crippen molar-refractivity contribution in [2.75, 3.05) is 0 Å². The Balaban J connectivity index is 0.000000103. The fourth-order valence-electron chi connectivity index (χ4n) is 20.9. The van der Waals surface area contributed by atoms with Gasteiger partial charge in [-0.05, 0) is 249 Å². The minimum atomic E-state index is 1.16. The van der Waals surface area contributed by atoms with E-state index in [4.69, 9.17) is 0 Å². The van der Waals surface area contributed by atoms with E-state index in [-0.39, 0.29) is 0 Å². The third-order valence-corrected chi connectivity index (χ3v) is 26.5. The zero-order valence-corrected chi connectivity index (χ0v) is 68.3. The molecule has 125 heavy (non-hydrogen) atoms. The SMILES string of the molecule is c1ccc(-c2cc(-c3ccccc3)cc(-n3c4ccccc4c4cc5c6ccccc6c6ccccc6c5cc43)c2)cc1.c1ccc(-c2ccc(-n3c4ccccc4c4cc5c6ccccc6c6ccccc6c5cc43)c3ccccc23)cc1.c1ccc2c(-c3ccc(-n4c5ccccc5c5cc6c7ccccc7c7ccccc7c6cc54)cc3)cccc2c1. The molecular formula is C122H77N3. The van der Waals surface area contributed by atoms with E-state index in [1.165, 1.54) is 240 Å². The van der Waals surface area contributed by atoms with Gasteiger partial charge in [-0.25, -0.2) is 0 Å². The van der Waals surface area contributed by atoms with Gasteiger partial charge in [-0.15, -0.1) is 0 Å². The maximum absolute atomic E-state index is 2.48. The summed E-state index contributed by atoms with van der Waals surface area (Å²) in [5.74, 6) is 0. The molecule has 0 aliphatic carbocycles. The second-order valence-electron chi connectivity index (χ2n) is 33.2. The first-order valence-corrected chi connectivity index (χ1v) is 43.3. The molecule has 3 heteroatoms. The Labute approximate surface area is 721 Å². The van der Waals surface area contributed by atoms with Crippen LogP contribution in [0.5, 0.6) is 0 Å². The van der Waals surface area contributed by atoms with Gasteiger partial charge < -0.3 is 13.7 Å². The number of fused-ring (bicyclic) bond motifs is 29. The van der Waals surface area contributed by atoms with Gasteiger partial charge in [0.05, 0.1) is 38.8 Å². The normalized spacial score (nSPS) is 11.8. The minimum absolute atomic E-state index is 1.16. The van der Waals surface area contributed by atoms with Crippen molar-refractivity contribution < 1.29 is 0 Å². The minimum Gasteiger partial charge on any atom is -0.309 e. The molecule has 24 aromatic carbocycles. The molecule has 0 atom stereocenters. The standard InChI is InChI=1S/C42H27N.2C40H25N/c1-3-13-28(14-4-1)30-23-31(29-15-5-2-6-16-29)25-32(24-30)43-41-22-12-11-21-37(41)40-26-38-35-19-9-7-17-33(35)34-18-8-10-20-36(34)39(38)27-42(40)43;1-2-12-29-26(10-1)11-9-18-30(29)27-20-22-28(23-21-27)41-39-19-8-7-17-35(39)38-24-36-33-15-5-3-13-31(33)32-14-4-6-16-34(32)37(36)25-40(38)41;1-2-12-26(13-3-1)27-22-23-39(33-19-9-8-14-28(27)33)41-38-21-11-10-20-34(38)37-24-35-31-17-6-4-15-29(31)30-16-5-7-18-32(30)36(35)25-40(37)41/h1-27H;2*1-25H. The first-order chi connectivity index (χ1) is 62.0. The molecule has 27 rings (SSSR count). The lowest BCUT2D eigenvalue weighted by Crippen LogP contribution is -1.96. The third-order valence-electron chi connectivity index (χ3n) is 26.5. The Morgan fingerprint density at radius 3 is 0.800 bits per heavy atom. The Morgan fingerprint density at radius 1 is 0.112 bits per heavy atom. The number of rotatable bonds is 7. The largest absolute Gasteiger partial charge is 0.309 e. The van der Waals surface area contributed by atoms with Crippen LogP contribution in [0.25, 0.3) is 245 Å². The van der Waals surface area contributed by atoms with Crippen LogP contribution in [0.2, 0.25) is 0 Å². The van der Waals surface area contributed by atoms with Crippen LogP contribution in [0.15, 0.2) is 467 Å². The average molecular weight is 1580 g/mol. The molecule has 3 heterocycles. The summed E-state index contributed by atoms with van der Waals surface area (Å²) in [6.45, 7) is 0. The number of nitrogens with zero attached hydrogens (tertiary/aromatic N) is 3. The zero-order chi connectivity index (χ0) is 82.2. The van der Waals surface area contributed by atoms with Crippen LogP contribution in [0.4, 0.5) is 0 Å². The van der Waals surface area contributed by atoms with Crippen molar-refractivity contribution in [3.8, 4) is 61.6 Å². The van der Waals surface area contributed by atoms with Crippen LogP contribution in [-0.2, 0) is 0 Å². The molecule has 27 aromatic rings. The number of aromatic nitrogens is 3. The summed E-state index contributed by atoms with van der Waals surface area (Å²) < 4.78 is 7.37. The zero-order valence-electron chi connectivity index (χ0n) is 68.3. The molecule has 0 radical (unpaired) electrons. The summed E-state index contributed by atoms with van der Waals surface area (Å²) in [5.41, 5.74) is 20.7. The molecule has 0 aliphatic rings. The van der Waals surface area contributed by atoms with Gasteiger partial charge in [0.1, 0.15) is 0 Å². The first-order valence-electron chi connectivity index (χ1n) is 43.3. The molecule has 0 aliphatic heterocycles. The smallest absolute Gasteiger partial charge is 0.0547 e. The van der Waals surface area contributed by atoms with Crippen molar-refractivity contribution in [1.82, 2.24) is 13.7 Å². The highest BCUT2D eigenvalue weighted by Crippen LogP contribution is 2.48. The summed E-state index contributed by atoms with van der Waals surface area (Å²) >= 11 is 0. The van der Waals surface area contributed by atoms with E-state index in [1.54, 1.807) is 0 Å². The van der Waals surface area contributed by atoms with Crippen LogP contribution < -0.4 is 0 Å². The van der Waals surface area contributed by atoms with Crippen LogP contribution in [-0.4, -0.2) is 13.7 Å². The summed E-state index contributed by atoms with van der Waals surface area (Å²) in [7, 11) is 0. The second-order valence-corrected chi connectivity index (χ2v) is 33.2. The Kier molecular flexibility index (Phi) is 16.7. The summed E-state index contributed by atoms with van der Waals surface area (Å²) in [5, 5.41) is 36.1. The molecule has 3 nitrogen and oxygen atoms in total. The quantitative estimate of drug-likeness (QED) is 0.141. The second kappa shape index (κ2) is 29.2. The highest BCUT2D eigenvalue weighted by Gasteiger charge is 2.23. The topological polar surface area (TPSA) is 14.8 Å². The van der Waals surface area contributed by atoms with Gasteiger partial charge in [-0.1, -0.05) is 376 Å². The van der Waals surface area contributed by atoms with Crippen LogP contribution in [0.1, 0.15) is 0 Å². The van der Waals surface area contributed by atoms with Crippen molar-refractivity contribution in [2.45, 2.75) is 0 Å². The summed E-state index contributed by atoms with van der Waals surface area (Å²) in [4.78, 5) is 0. The molecule has 0 amide bonds. The highest BCUT2D eigenvalue weighted by molar-refractivity contribution is 6.32. The van der Waals surface area contributed by atoms with Crippen LogP contribution in [0.3, 0.4) is 0 Å². The molecule has 3 aromatic heterocycles. The van der Waals surface area contributed by atoms with Gasteiger partial charge in [0.2, 0.25) is 0 Å². The lowest BCUT2D eigenvalue weighted by atomic mass is 9.93. The van der Waals surface area contributed by atoms with Crippen LogP contribution in [0, 0.1) is 0 Å². The van der Waals surface area contributed by atoms with Crippen molar-refractivity contribution in [2.24, 2.45) is 0 Å². The van der Waals surface area contributed by atoms with Crippen molar-refractivity contribution in [1.29, 1.82) is 0 Å². The lowest BCUT2D eigenvalue weighted by molar-refractivity contribution is 1.18. The van der Waals surface area contributed by atoms with Crippen molar-refractivity contribution >= 4 is 184 Å². The fourth-order valence-corrected chi connectivity index (χ4v) is 20.9. The maximum Gasteiger partial charge on any atom is 0.0547 e. The Bertz CT molecular complexity index is 9020. The van der Waals surface area contributed by atoms with Gasteiger partial charge >= 0.3 is 0 Å². The molecule has 0 unspecified atom stereocenters. The van der Waals surface area contributed by atoms with Crippen LogP contribution >= 0.6 is 0 Å². The van der Waals surface area contributed by atoms with Crippen molar-refractivity contribution in [3.63, 3.8) is 0 Å². The van der Waals surface area contributed by atoms with E-state index in [0.29, 0.717) is 0 Å². The molecule has 0 N–H and O–H groups in total. The first kappa shape index (κ1) is 71.5. The van der Waals surface area contributed by atoms with Gasteiger partial charge in [-0.2, -0.15) is 0 Å². The van der Waals surface area contributed by atoms with E-state index >= 15 is 0 Å². The summed E-state index contributed by atoms with van der Waals surface area (Å²) in [6, 6.07) is 171. The van der Waals surface area contributed by atoms with Gasteiger partial charge in [0.25, 0.3) is 0 Å². The molecule has 0 spiro atoms. The predicted molar refractivity (Wildman–Crippen MR) is 537 cm³/mol. The third kappa shape index (κ3) is 11.6. The number of hydrogen-bond donors (Lipinski definition) is 0. The average Bonchev–Trinajstić information content (AvgIpc) is 1.63. The number of benzene rings is 24. The van der Waals surface area contributed by atoms with E-state index in [9.17, 15) is 0 Å². The molecule has 0 saturated heterocycles. The molecule has 0 fully saturated rings. The molecule has 0 saturated carbocycles. The lowest BCUT2D eigenvalue weighted by Gasteiger charge is -2.16. The number of hydrogen-bond acceptors (Lipinski definition) is 0.